The van der Waals surface area contributed by atoms with Crippen LogP contribution in [0, 0.1) is 6.92 Å². The van der Waals surface area contributed by atoms with Crippen LogP contribution in [0.5, 0.6) is 0 Å². The highest BCUT2D eigenvalue weighted by molar-refractivity contribution is 6.36. The van der Waals surface area contributed by atoms with Crippen LogP contribution in [-0.2, 0) is 9.53 Å². The number of rotatable bonds is 4. The second-order valence-electron chi connectivity index (χ2n) is 3.28. The minimum atomic E-state index is -0.314. The standard InChI is InChI=1S/C12H13Cl2NO2/c1-3-17-7-6-11(16)15-12-8(2)9(13)4-5-10(12)14/h4-7H,3H2,1-2H3,(H,15,16)/b7-6+. The van der Waals surface area contributed by atoms with Crippen LogP contribution < -0.4 is 5.32 Å². The molecule has 0 spiro atoms. The lowest BCUT2D eigenvalue weighted by Gasteiger charge is -2.10. The maximum Gasteiger partial charge on any atom is 0.251 e. The number of hydrogen-bond donors (Lipinski definition) is 1. The Kier molecular flexibility index (Phi) is 5.32. The highest BCUT2D eigenvalue weighted by Crippen LogP contribution is 2.30. The van der Waals surface area contributed by atoms with Crippen molar-refractivity contribution in [3.63, 3.8) is 0 Å². The van der Waals surface area contributed by atoms with Gasteiger partial charge >= 0.3 is 0 Å². The van der Waals surface area contributed by atoms with E-state index in [0.29, 0.717) is 22.3 Å². The summed E-state index contributed by atoms with van der Waals surface area (Å²) in [4.78, 5) is 11.5. The molecule has 0 atom stereocenters. The van der Waals surface area contributed by atoms with Crippen molar-refractivity contribution in [3.8, 4) is 0 Å². The Balaban J connectivity index is 2.81. The van der Waals surface area contributed by atoms with Crippen molar-refractivity contribution >= 4 is 34.8 Å². The number of ether oxygens (including phenoxy) is 1. The Morgan fingerprint density at radius 2 is 2.06 bits per heavy atom. The highest BCUT2D eigenvalue weighted by Gasteiger charge is 2.09. The zero-order chi connectivity index (χ0) is 12.8. The average molecular weight is 274 g/mol. The van der Waals surface area contributed by atoms with Gasteiger partial charge in [-0.3, -0.25) is 4.79 Å². The van der Waals surface area contributed by atoms with Crippen molar-refractivity contribution < 1.29 is 9.53 Å². The fourth-order valence-electron chi connectivity index (χ4n) is 1.18. The van der Waals surface area contributed by atoms with Gasteiger partial charge in [-0.15, -0.1) is 0 Å². The predicted octanol–water partition coefficient (Wildman–Crippen LogP) is 3.79. The van der Waals surface area contributed by atoms with E-state index in [1.165, 1.54) is 12.3 Å². The van der Waals surface area contributed by atoms with Crippen LogP contribution in [0.3, 0.4) is 0 Å². The summed E-state index contributed by atoms with van der Waals surface area (Å²) < 4.78 is 4.93. The lowest BCUT2D eigenvalue weighted by molar-refractivity contribution is -0.112. The Hall–Kier alpha value is -1.19. The molecule has 0 heterocycles. The number of halogens is 2. The maximum absolute atomic E-state index is 11.5. The van der Waals surface area contributed by atoms with Crippen LogP contribution in [0.2, 0.25) is 10.0 Å². The van der Waals surface area contributed by atoms with Crippen molar-refractivity contribution in [2.45, 2.75) is 13.8 Å². The van der Waals surface area contributed by atoms with E-state index in [2.05, 4.69) is 5.32 Å². The summed E-state index contributed by atoms with van der Waals surface area (Å²) in [5.41, 5.74) is 1.25. The fourth-order valence-corrected chi connectivity index (χ4v) is 1.59. The Morgan fingerprint density at radius 3 is 2.71 bits per heavy atom. The molecule has 0 fully saturated rings. The van der Waals surface area contributed by atoms with E-state index in [9.17, 15) is 4.79 Å². The van der Waals surface area contributed by atoms with Crippen molar-refractivity contribution in [2.75, 3.05) is 11.9 Å². The molecule has 0 saturated carbocycles. The number of hydrogen-bond acceptors (Lipinski definition) is 2. The normalized spacial score (nSPS) is 10.6. The first-order valence-electron chi connectivity index (χ1n) is 5.10. The molecule has 1 amide bonds. The molecule has 0 aliphatic carbocycles. The number of nitrogens with one attached hydrogen (secondary N) is 1. The van der Waals surface area contributed by atoms with Gasteiger partial charge in [-0.1, -0.05) is 23.2 Å². The fraction of sp³-hybridized carbons (Fsp3) is 0.250. The van der Waals surface area contributed by atoms with Gasteiger partial charge in [-0.05, 0) is 31.5 Å². The molecule has 1 N–H and O–H groups in total. The smallest absolute Gasteiger partial charge is 0.251 e. The van der Waals surface area contributed by atoms with Gasteiger partial charge in [-0.25, -0.2) is 0 Å². The van der Waals surface area contributed by atoms with E-state index in [1.807, 2.05) is 6.92 Å². The molecule has 0 saturated heterocycles. The monoisotopic (exact) mass is 273 g/mol. The Bertz CT molecular complexity index is 444. The van der Waals surface area contributed by atoms with E-state index in [1.54, 1.807) is 19.1 Å². The minimum absolute atomic E-state index is 0.314. The topological polar surface area (TPSA) is 38.3 Å². The second-order valence-corrected chi connectivity index (χ2v) is 4.09. The van der Waals surface area contributed by atoms with Crippen LogP contribution in [0.15, 0.2) is 24.5 Å². The van der Waals surface area contributed by atoms with Crippen LogP contribution >= 0.6 is 23.2 Å². The third-order valence-corrected chi connectivity index (χ3v) is 2.80. The molecule has 0 bridgehead atoms. The molecule has 5 heteroatoms. The molecule has 1 aromatic carbocycles. The summed E-state index contributed by atoms with van der Waals surface area (Å²) in [5.74, 6) is -0.314. The minimum Gasteiger partial charge on any atom is -0.501 e. The first-order chi connectivity index (χ1) is 8.06. The van der Waals surface area contributed by atoms with E-state index in [0.717, 1.165) is 5.56 Å². The molecule has 1 rings (SSSR count). The molecule has 0 unspecified atom stereocenters. The molecule has 3 nitrogen and oxygen atoms in total. The molecule has 0 aliphatic rings. The zero-order valence-corrected chi connectivity index (χ0v) is 11.1. The van der Waals surface area contributed by atoms with Gasteiger partial charge in [0.05, 0.1) is 23.6 Å². The van der Waals surface area contributed by atoms with Gasteiger partial charge in [0.15, 0.2) is 0 Å². The third kappa shape index (κ3) is 3.95. The summed E-state index contributed by atoms with van der Waals surface area (Å²) in [7, 11) is 0. The molecule has 0 aliphatic heterocycles. The lowest BCUT2D eigenvalue weighted by atomic mass is 10.2. The van der Waals surface area contributed by atoms with Gasteiger partial charge in [0.25, 0.3) is 5.91 Å². The van der Waals surface area contributed by atoms with Crippen molar-refractivity contribution in [2.24, 2.45) is 0 Å². The molecule has 17 heavy (non-hydrogen) atoms. The number of anilines is 1. The summed E-state index contributed by atoms with van der Waals surface area (Å²) >= 11 is 11.9. The van der Waals surface area contributed by atoms with E-state index in [4.69, 9.17) is 27.9 Å². The summed E-state index contributed by atoms with van der Waals surface area (Å²) in [6.45, 7) is 4.14. The van der Waals surface area contributed by atoms with Crippen LogP contribution in [0.1, 0.15) is 12.5 Å². The summed E-state index contributed by atoms with van der Waals surface area (Å²) in [5, 5.41) is 3.66. The van der Waals surface area contributed by atoms with Gasteiger partial charge < -0.3 is 10.1 Å². The van der Waals surface area contributed by atoms with Gasteiger partial charge in [0, 0.05) is 11.1 Å². The van der Waals surface area contributed by atoms with E-state index < -0.39 is 0 Å². The van der Waals surface area contributed by atoms with Crippen LogP contribution in [0.4, 0.5) is 5.69 Å². The van der Waals surface area contributed by atoms with Gasteiger partial charge in [0.1, 0.15) is 0 Å². The molecule has 92 valence electrons. The average Bonchev–Trinajstić information content (AvgIpc) is 2.30. The van der Waals surface area contributed by atoms with Crippen molar-refractivity contribution in [1.29, 1.82) is 0 Å². The van der Waals surface area contributed by atoms with E-state index >= 15 is 0 Å². The lowest BCUT2D eigenvalue weighted by Crippen LogP contribution is -2.10. The SMILES string of the molecule is CCO/C=C/C(=O)Nc1c(Cl)ccc(Cl)c1C. The first-order valence-corrected chi connectivity index (χ1v) is 5.85. The molecule has 0 radical (unpaired) electrons. The predicted molar refractivity (Wildman–Crippen MR) is 70.6 cm³/mol. The third-order valence-electron chi connectivity index (χ3n) is 2.08. The number of amides is 1. The highest BCUT2D eigenvalue weighted by atomic mass is 35.5. The quantitative estimate of drug-likeness (QED) is 0.670. The Labute approximate surface area is 110 Å². The number of carbonyl (C=O) groups excluding carboxylic acids is 1. The molecule has 1 aromatic rings. The summed E-state index contributed by atoms with van der Waals surface area (Å²) in [6.07, 6.45) is 2.63. The largest absolute Gasteiger partial charge is 0.501 e. The van der Waals surface area contributed by atoms with Crippen LogP contribution in [-0.4, -0.2) is 12.5 Å². The summed E-state index contributed by atoms with van der Waals surface area (Å²) in [6, 6.07) is 3.32. The zero-order valence-electron chi connectivity index (χ0n) is 9.59. The second kappa shape index (κ2) is 6.52. The van der Waals surface area contributed by atoms with Crippen molar-refractivity contribution in [3.05, 3.63) is 40.1 Å². The maximum atomic E-state index is 11.5. The number of benzene rings is 1. The van der Waals surface area contributed by atoms with Crippen molar-refractivity contribution in [1.82, 2.24) is 0 Å². The van der Waals surface area contributed by atoms with Gasteiger partial charge in [-0.2, -0.15) is 0 Å². The molecule has 0 aromatic heterocycles. The van der Waals surface area contributed by atoms with Crippen LogP contribution in [0.25, 0.3) is 0 Å². The van der Waals surface area contributed by atoms with Gasteiger partial charge in [0.2, 0.25) is 0 Å². The molecular weight excluding hydrogens is 261 g/mol. The van der Waals surface area contributed by atoms with E-state index in [-0.39, 0.29) is 5.91 Å². The molecular formula is C12H13Cl2NO2. The first kappa shape index (κ1) is 13.9. The number of carbonyl (C=O) groups is 1. The Morgan fingerprint density at radius 1 is 1.41 bits per heavy atom.